The second-order valence-electron chi connectivity index (χ2n) is 5.78. The van der Waals surface area contributed by atoms with Crippen molar-refractivity contribution in [3.8, 4) is 0 Å². The lowest BCUT2D eigenvalue weighted by Gasteiger charge is -2.11. The molecule has 0 saturated carbocycles. The van der Waals surface area contributed by atoms with E-state index in [1.165, 1.54) is 11.3 Å². The minimum Gasteiger partial charge on any atom is -0.462 e. The van der Waals surface area contributed by atoms with Crippen molar-refractivity contribution in [1.29, 1.82) is 0 Å². The van der Waals surface area contributed by atoms with Gasteiger partial charge in [0.05, 0.1) is 6.61 Å². The molecule has 1 unspecified atom stereocenters. The predicted molar refractivity (Wildman–Crippen MR) is 94.6 cm³/mol. The van der Waals surface area contributed by atoms with Crippen LogP contribution in [0.15, 0.2) is 24.3 Å². The number of benzene rings is 1. The third-order valence-electron chi connectivity index (χ3n) is 3.99. The summed E-state index contributed by atoms with van der Waals surface area (Å²) in [5.74, 6) is -0.579. The number of hydrogen-bond acceptors (Lipinski definition) is 5. The van der Waals surface area contributed by atoms with Gasteiger partial charge in [-0.05, 0) is 25.3 Å². The first-order valence-corrected chi connectivity index (χ1v) is 9.13. The lowest BCUT2D eigenvalue weighted by Crippen LogP contribution is -2.27. The molecule has 1 N–H and O–H groups in total. The molecule has 0 aliphatic carbocycles. The average molecular weight is 347 g/mol. The molecule has 3 rings (SSSR count). The van der Waals surface area contributed by atoms with Crippen LogP contribution in [-0.4, -0.2) is 31.2 Å². The molecule has 1 saturated heterocycles. The van der Waals surface area contributed by atoms with Gasteiger partial charge < -0.3 is 14.8 Å². The van der Waals surface area contributed by atoms with Crippen LogP contribution in [0.4, 0.5) is 5.00 Å². The van der Waals surface area contributed by atoms with Gasteiger partial charge in [0.1, 0.15) is 16.7 Å². The Hall–Kier alpha value is -1.92. The van der Waals surface area contributed by atoms with Crippen molar-refractivity contribution in [2.45, 2.75) is 38.7 Å². The second-order valence-corrected chi connectivity index (χ2v) is 6.83. The van der Waals surface area contributed by atoms with Crippen molar-refractivity contribution < 1.29 is 19.1 Å². The standard InChI is InChI=1S/C18H21NO4S/c1-2-3-10-23-18(21)15-12-7-4-5-9-14(12)24-17(15)19-16(20)13-8-6-11-22-13/h4-5,7,9,13H,2-3,6,8,10-11H2,1H3,(H,19,20). The molecule has 0 bridgehead atoms. The van der Waals surface area contributed by atoms with Crippen molar-refractivity contribution >= 4 is 38.3 Å². The lowest BCUT2D eigenvalue weighted by atomic mass is 10.1. The van der Waals surface area contributed by atoms with Crippen molar-refractivity contribution in [2.75, 3.05) is 18.5 Å². The molecular weight excluding hydrogens is 326 g/mol. The van der Waals surface area contributed by atoms with E-state index in [0.717, 1.165) is 29.3 Å². The molecule has 1 aliphatic rings. The molecule has 128 valence electrons. The zero-order valence-corrected chi connectivity index (χ0v) is 14.5. The van der Waals surface area contributed by atoms with Crippen LogP contribution in [0.1, 0.15) is 43.0 Å². The quantitative estimate of drug-likeness (QED) is 0.634. The monoisotopic (exact) mass is 347 g/mol. The van der Waals surface area contributed by atoms with Gasteiger partial charge in [0, 0.05) is 16.7 Å². The average Bonchev–Trinajstić information content (AvgIpc) is 3.22. The molecular formula is C18H21NO4S. The number of esters is 1. The first kappa shape index (κ1) is 16.9. The largest absolute Gasteiger partial charge is 0.462 e. The Morgan fingerprint density at radius 3 is 2.96 bits per heavy atom. The summed E-state index contributed by atoms with van der Waals surface area (Å²) in [5.41, 5.74) is 0.443. The van der Waals surface area contributed by atoms with E-state index in [2.05, 4.69) is 5.32 Å². The molecule has 1 atom stereocenters. The van der Waals surface area contributed by atoms with E-state index in [1.807, 2.05) is 31.2 Å². The van der Waals surface area contributed by atoms with Crippen LogP contribution in [0.2, 0.25) is 0 Å². The first-order valence-electron chi connectivity index (χ1n) is 8.32. The van der Waals surface area contributed by atoms with E-state index in [4.69, 9.17) is 9.47 Å². The Bertz CT molecular complexity index is 734. The van der Waals surface area contributed by atoms with Crippen LogP contribution in [0.25, 0.3) is 10.1 Å². The van der Waals surface area contributed by atoms with Gasteiger partial charge in [-0.1, -0.05) is 31.5 Å². The van der Waals surface area contributed by atoms with Crippen molar-refractivity contribution in [2.24, 2.45) is 0 Å². The molecule has 1 aromatic carbocycles. The smallest absolute Gasteiger partial charge is 0.341 e. The van der Waals surface area contributed by atoms with Crippen LogP contribution < -0.4 is 5.32 Å². The van der Waals surface area contributed by atoms with E-state index in [1.54, 1.807) is 0 Å². The van der Waals surface area contributed by atoms with Crippen molar-refractivity contribution in [1.82, 2.24) is 0 Å². The number of ether oxygens (including phenoxy) is 2. The summed E-state index contributed by atoms with van der Waals surface area (Å²) < 4.78 is 11.7. The minimum absolute atomic E-state index is 0.193. The molecule has 1 fully saturated rings. The number of anilines is 1. The van der Waals surface area contributed by atoms with Crippen molar-refractivity contribution in [3.63, 3.8) is 0 Å². The number of carbonyl (C=O) groups excluding carboxylic acids is 2. The van der Waals surface area contributed by atoms with E-state index in [9.17, 15) is 9.59 Å². The van der Waals surface area contributed by atoms with Gasteiger partial charge in [-0.15, -0.1) is 11.3 Å². The Kier molecular flexibility index (Phi) is 5.48. The molecule has 24 heavy (non-hydrogen) atoms. The number of amides is 1. The maximum absolute atomic E-state index is 12.5. The summed E-state index contributed by atoms with van der Waals surface area (Å²) in [4.78, 5) is 24.9. The molecule has 0 spiro atoms. The first-order chi connectivity index (χ1) is 11.7. The summed E-state index contributed by atoms with van der Waals surface area (Å²) in [6.07, 6.45) is 2.95. The second kappa shape index (κ2) is 7.77. The van der Waals surface area contributed by atoms with E-state index in [0.29, 0.717) is 30.2 Å². The van der Waals surface area contributed by atoms with Gasteiger partial charge in [-0.2, -0.15) is 0 Å². The van der Waals surface area contributed by atoms with Gasteiger partial charge in [0.15, 0.2) is 0 Å². The third-order valence-corrected chi connectivity index (χ3v) is 5.08. The number of nitrogens with one attached hydrogen (secondary N) is 1. The number of carbonyl (C=O) groups is 2. The Morgan fingerprint density at radius 2 is 2.21 bits per heavy atom. The molecule has 2 heterocycles. The fourth-order valence-electron chi connectivity index (χ4n) is 2.69. The van der Waals surface area contributed by atoms with E-state index >= 15 is 0 Å². The fraction of sp³-hybridized carbons (Fsp3) is 0.444. The summed E-state index contributed by atoms with van der Waals surface area (Å²) in [5, 5.41) is 4.22. The Balaban J connectivity index is 1.86. The normalized spacial score (nSPS) is 17.1. The maximum Gasteiger partial charge on any atom is 0.341 e. The Morgan fingerprint density at radius 1 is 1.38 bits per heavy atom. The Labute approximate surface area is 144 Å². The highest BCUT2D eigenvalue weighted by atomic mass is 32.1. The fourth-order valence-corrected chi connectivity index (χ4v) is 3.79. The SMILES string of the molecule is CCCCOC(=O)c1c(NC(=O)C2CCCO2)sc2ccccc12. The maximum atomic E-state index is 12.5. The predicted octanol–water partition coefficient (Wildman–Crippen LogP) is 3.98. The van der Waals surface area contributed by atoms with Crippen LogP contribution in [0.5, 0.6) is 0 Å². The number of fused-ring (bicyclic) bond motifs is 1. The van der Waals surface area contributed by atoms with E-state index in [-0.39, 0.29) is 11.9 Å². The van der Waals surface area contributed by atoms with E-state index < -0.39 is 6.10 Å². The molecule has 5 nitrogen and oxygen atoms in total. The highest BCUT2D eigenvalue weighted by Gasteiger charge is 2.27. The van der Waals surface area contributed by atoms with Gasteiger partial charge in [0.25, 0.3) is 5.91 Å². The third kappa shape index (κ3) is 3.60. The number of unbranched alkanes of at least 4 members (excludes halogenated alkanes) is 1. The van der Waals surface area contributed by atoms with Gasteiger partial charge >= 0.3 is 5.97 Å². The summed E-state index contributed by atoms with van der Waals surface area (Å²) in [7, 11) is 0. The minimum atomic E-state index is -0.431. The zero-order chi connectivity index (χ0) is 16.9. The summed E-state index contributed by atoms with van der Waals surface area (Å²) in [6, 6.07) is 7.61. The number of hydrogen-bond donors (Lipinski definition) is 1. The number of thiophene rings is 1. The summed E-state index contributed by atoms with van der Waals surface area (Å²) in [6.45, 7) is 3.04. The number of rotatable bonds is 6. The molecule has 1 aliphatic heterocycles. The van der Waals surface area contributed by atoms with Crippen LogP contribution in [0.3, 0.4) is 0 Å². The molecule has 6 heteroatoms. The van der Waals surface area contributed by atoms with Crippen molar-refractivity contribution in [3.05, 3.63) is 29.8 Å². The topological polar surface area (TPSA) is 64.6 Å². The van der Waals surface area contributed by atoms with Crippen LogP contribution >= 0.6 is 11.3 Å². The highest BCUT2D eigenvalue weighted by Crippen LogP contribution is 2.36. The zero-order valence-electron chi connectivity index (χ0n) is 13.7. The molecule has 2 aromatic rings. The van der Waals surface area contributed by atoms with Gasteiger partial charge in [-0.25, -0.2) is 4.79 Å². The van der Waals surface area contributed by atoms with Crippen LogP contribution in [0, 0.1) is 0 Å². The van der Waals surface area contributed by atoms with Crippen LogP contribution in [-0.2, 0) is 14.3 Å². The summed E-state index contributed by atoms with van der Waals surface area (Å²) >= 11 is 1.39. The van der Waals surface area contributed by atoms with Gasteiger partial charge in [0.2, 0.25) is 0 Å². The van der Waals surface area contributed by atoms with Gasteiger partial charge in [-0.3, -0.25) is 4.79 Å². The highest BCUT2D eigenvalue weighted by molar-refractivity contribution is 7.23. The molecule has 1 amide bonds. The molecule has 0 radical (unpaired) electrons. The molecule has 1 aromatic heterocycles. The lowest BCUT2D eigenvalue weighted by molar-refractivity contribution is -0.124.